The Balaban J connectivity index is 2.38. The molecule has 19 heavy (non-hydrogen) atoms. The van der Waals surface area contributed by atoms with Crippen molar-refractivity contribution in [2.45, 2.75) is 0 Å². The third kappa shape index (κ3) is 5.59. The SMILES string of the molecule is C=CCNC(=S)N/N=C/C=C/c1ccc([N+](=O)[O-])o1. The van der Waals surface area contributed by atoms with Gasteiger partial charge in [-0.2, -0.15) is 5.10 Å². The molecule has 1 rings (SSSR count). The summed E-state index contributed by atoms with van der Waals surface area (Å²) < 4.78 is 4.91. The fourth-order valence-electron chi connectivity index (χ4n) is 1.01. The molecule has 0 aliphatic heterocycles. The van der Waals surface area contributed by atoms with Gasteiger partial charge < -0.3 is 9.73 Å². The van der Waals surface area contributed by atoms with Crippen molar-refractivity contribution in [1.82, 2.24) is 10.7 Å². The summed E-state index contributed by atoms with van der Waals surface area (Å²) in [4.78, 5) is 9.77. The van der Waals surface area contributed by atoms with Gasteiger partial charge in [0.25, 0.3) is 0 Å². The number of hydrogen-bond donors (Lipinski definition) is 2. The lowest BCUT2D eigenvalue weighted by Gasteiger charge is -2.01. The average molecular weight is 280 g/mol. The number of thiocarbonyl (C=S) groups is 1. The van der Waals surface area contributed by atoms with E-state index in [0.717, 1.165) is 0 Å². The minimum absolute atomic E-state index is 0.301. The summed E-state index contributed by atoms with van der Waals surface area (Å²) in [6.07, 6.45) is 6.21. The summed E-state index contributed by atoms with van der Waals surface area (Å²) in [5, 5.41) is 17.4. The third-order valence-electron chi connectivity index (χ3n) is 1.79. The highest BCUT2D eigenvalue weighted by molar-refractivity contribution is 7.80. The maximum atomic E-state index is 10.4. The van der Waals surface area contributed by atoms with E-state index in [9.17, 15) is 10.1 Å². The molecule has 0 fully saturated rings. The van der Waals surface area contributed by atoms with E-state index >= 15 is 0 Å². The second-order valence-electron chi connectivity index (χ2n) is 3.18. The number of nitrogens with zero attached hydrogens (tertiary/aromatic N) is 2. The van der Waals surface area contributed by atoms with Gasteiger partial charge in [-0.25, -0.2) is 0 Å². The van der Waals surface area contributed by atoms with Gasteiger partial charge >= 0.3 is 5.88 Å². The van der Waals surface area contributed by atoms with Crippen molar-refractivity contribution in [3.63, 3.8) is 0 Å². The van der Waals surface area contributed by atoms with Crippen LogP contribution >= 0.6 is 12.2 Å². The van der Waals surface area contributed by atoms with Gasteiger partial charge in [0.05, 0.1) is 6.07 Å². The first-order chi connectivity index (χ1) is 9.13. The molecule has 0 saturated heterocycles. The molecule has 1 aromatic heterocycles. The molecule has 0 radical (unpaired) electrons. The monoisotopic (exact) mass is 280 g/mol. The van der Waals surface area contributed by atoms with E-state index < -0.39 is 4.92 Å². The van der Waals surface area contributed by atoms with Crippen molar-refractivity contribution in [2.24, 2.45) is 5.10 Å². The summed E-state index contributed by atoms with van der Waals surface area (Å²) in [5.74, 6) is 0.0648. The third-order valence-corrected chi connectivity index (χ3v) is 2.02. The lowest BCUT2D eigenvalue weighted by Crippen LogP contribution is -2.31. The Morgan fingerprint density at radius 1 is 1.63 bits per heavy atom. The van der Waals surface area contributed by atoms with Crippen molar-refractivity contribution in [2.75, 3.05) is 6.54 Å². The van der Waals surface area contributed by atoms with E-state index in [1.54, 1.807) is 18.2 Å². The van der Waals surface area contributed by atoms with Crippen LogP contribution in [0.5, 0.6) is 0 Å². The molecule has 1 aromatic rings. The van der Waals surface area contributed by atoms with Crippen LogP contribution in [0.3, 0.4) is 0 Å². The summed E-state index contributed by atoms with van der Waals surface area (Å²) in [7, 11) is 0. The average Bonchev–Trinajstić information content (AvgIpc) is 2.85. The first-order valence-electron chi connectivity index (χ1n) is 5.22. The van der Waals surface area contributed by atoms with E-state index in [4.69, 9.17) is 16.6 Å². The van der Waals surface area contributed by atoms with E-state index in [2.05, 4.69) is 22.4 Å². The van der Waals surface area contributed by atoms with Gasteiger partial charge in [-0.05, 0) is 30.4 Å². The van der Waals surface area contributed by atoms with Crippen molar-refractivity contribution < 1.29 is 9.34 Å². The van der Waals surface area contributed by atoms with Crippen LogP contribution in [-0.2, 0) is 0 Å². The van der Waals surface area contributed by atoms with Crippen LogP contribution in [-0.4, -0.2) is 22.8 Å². The van der Waals surface area contributed by atoms with Crippen molar-refractivity contribution in [3.8, 4) is 0 Å². The lowest BCUT2D eigenvalue weighted by molar-refractivity contribution is -0.402. The number of rotatable bonds is 6. The topological polar surface area (TPSA) is 92.7 Å². The predicted octanol–water partition coefficient (Wildman–Crippen LogP) is 1.84. The van der Waals surface area contributed by atoms with E-state index in [1.807, 2.05) is 0 Å². The number of nitrogens with one attached hydrogen (secondary N) is 2. The Bertz CT molecular complexity index is 522. The van der Waals surface area contributed by atoms with Gasteiger partial charge in [0.15, 0.2) is 5.11 Å². The molecule has 0 saturated carbocycles. The maximum Gasteiger partial charge on any atom is 0.433 e. The normalized spacial score (nSPS) is 10.7. The van der Waals surface area contributed by atoms with Crippen LogP contribution in [0.1, 0.15) is 5.76 Å². The summed E-state index contributed by atoms with van der Waals surface area (Å²) >= 11 is 4.89. The second-order valence-corrected chi connectivity index (χ2v) is 3.59. The Hall–Kier alpha value is -2.48. The van der Waals surface area contributed by atoms with Gasteiger partial charge in [0.1, 0.15) is 10.7 Å². The van der Waals surface area contributed by atoms with Gasteiger partial charge in [0.2, 0.25) is 0 Å². The number of furan rings is 1. The Morgan fingerprint density at radius 3 is 3.05 bits per heavy atom. The van der Waals surface area contributed by atoms with Crippen LogP contribution in [0.15, 0.2) is 40.4 Å². The largest absolute Gasteiger partial charge is 0.433 e. The number of allylic oxidation sites excluding steroid dienone is 1. The molecule has 0 unspecified atom stereocenters. The zero-order valence-corrected chi connectivity index (χ0v) is 10.7. The molecular formula is C11H12N4O3S. The molecule has 0 amide bonds. The van der Waals surface area contributed by atoms with E-state index in [1.165, 1.54) is 18.3 Å². The minimum Gasteiger partial charge on any atom is -0.401 e. The van der Waals surface area contributed by atoms with Gasteiger partial charge in [-0.15, -0.1) is 6.58 Å². The summed E-state index contributed by atoms with van der Waals surface area (Å²) in [5.41, 5.74) is 2.58. The first-order valence-corrected chi connectivity index (χ1v) is 5.63. The van der Waals surface area contributed by atoms with E-state index in [-0.39, 0.29) is 5.88 Å². The summed E-state index contributed by atoms with van der Waals surface area (Å²) in [6, 6.07) is 2.77. The van der Waals surface area contributed by atoms with Crippen LogP contribution in [0.2, 0.25) is 0 Å². The fraction of sp³-hybridized carbons (Fsp3) is 0.0909. The molecule has 1 heterocycles. The molecule has 8 heteroatoms. The minimum atomic E-state index is -0.601. The highest BCUT2D eigenvalue weighted by Crippen LogP contribution is 2.16. The Kier molecular flexibility index (Phi) is 5.96. The van der Waals surface area contributed by atoms with Gasteiger partial charge in [-0.1, -0.05) is 6.08 Å². The molecule has 2 N–H and O–H groups in total. The van der Waals surface area contributed by atoms with Crippen molar-refractivity contribution >= 4 is 35.5 Å². The highest BCUT2D eigenvalue weighted by Gasteiger charge is 2.09. The zero-order chi connectivity index (χ0) is 14.1. The first kappa shape index (κ1) is 14.6. The number of hydrazone groups is 1. The second kappa shape index (κ2) is 7.77. The predicted molar refractivity (Wildman–Crippen MR) is 76.8 cm³/mol. The molecule has 0 aromatic carbocycles. The Morgan fingerprint density at radius 2 is 2.42 bits per heavy atom. The lowest BCUT2D eigenvalue weighted by atomic mass is 10.4. The smallest absolute Gasteiger partial charge is 0.401 e. The molecule has 0 bridgehead atoms. The standard InChI is InChI=1S/C11H12N4O3S/c1-2-7-12-11(19)14-13-8-3-4-9-5-6-10(18-9)15(16)17/h2-6,8H,1,7H2,(H2,12,14,19)/b4-3+,13-8+. The molecule has 0 aliphatic rings. The van der Waals surface area contributed by atoms with Crippen molar-refractivity contribution in [3.05, 3.63) is 46.7 Å². The molecule has 0 spiro atoms. The van der Waals surface area contributed by atoms with Crippen LogP contribution in [0.4, 0.5) is 5.88 Å². The Labute approximate surface area is 114 Å². The maximum absolute atomic E-state index is 10.4. The fourth-order valence-corrected chi connectivity index (χ4v) is 1.15. The van der Waals surface area contributed by atoms with Gasteiger partial charge in [0, 0.05) is 12.8 Å². The highest BCUT2D eigenvalue weighted by atomic mass is 32.1. The molecule has 7 nitrogen and oxygen atoms in total. The molecule has 100 valence electrons. The van der Waals surface area contributed by atoms with Crippen LogP contribution in [0.25, 0.3) is 6.08 Å². The molecule has 0 atom stereocenters. The zero-order valence-electron chi connectivity index (χ0n) is 9.91. The van der Waals surface area contributed by atoms with Gasteiger partial charge in [-0.3, -0.25) is 15.5 Å². The number of hydrogen-bond acceptors (Lipinski definition) is 5. The molecular weight excluding hydrogens is 268 g/mol. The van der Waals surface area contributed by atoms with E-state index in [0.29, 0.717) is 17.4 Å². The van der Waals surface area contributed by atoms with Crippen molar-refractivity contribution in [1.29, 1.82) is 0 Å². The summed E-state index contributed by atoms with van der Waals surface area (Å²) in [6.45, 7) is 4.08. The number of nitro groups is 1. The molecule has 0 aliphatic carbocycles. The van der Waals surface area contributed by atoms with Crippen LogP contribution in [0, 0.1) is 10.1 Å². The van der Waals surface area contributed by atoms with Crippen LogP contribution < -0.4 is 10.7 Å². The quantitative estimate of drug-likeness (QED) is 0.271.